The molecule has 2 aromatic rings. The minimum atomic E-state index is 0.117. The maximum absolute atomic E-state index is 12.4. The fraction of sp³-hybridized carbons (Fsp3) is 0.500. The molecule has 0 unspecified atom stereocenters. The van der Waals surface area contributed by atoms with E-state index in [0.29, 0.717) is 31.4 Å². The molecule has 6 heteroatoms. The van der Waals surface area contributed by atoms with Crippen molar-refractivity contribution < 1.29 is 14.1 Å². The second kappa shape index (κ2) is 9.50. The van der Waals surface area contributed by atoms with Crippen LogP contribution in [0.4, 0.5) is 0 Å². The van der Waals surface area contributed by atoms with Crippen LogP contribution in [0.2, 0.25) is 0 Å². The lowest BCUT2D eigenvalue weighted by atomic mass is 9.81. The summed E-state index contributed by atoms with van der Waals surface area (Å²) in [6.45, 7) is 2.88. The van der Waals surface area contributed by atoms with E-state index in [-0.39, 0.29) is 5.91 Å². The largest absolute Gasteiger partial charge is 0.377 e. The lowest BCUT2D eigenvalue weighted by Crippen LogP contribution is -2.40. The number of ether oxygens (including phenoxy) is 1. The lowest BCUT2D eigenvalue weighted by Gasteiger charge is -2.31. The molecule has 0 saturated carbocycles. The quantitative estimate of drug-likeness (QED) is 0.758. The Bertz CT molecular complexity index is 687. The number of rotatable bonds is 8. The van der Waals surface area contributed by atoms with Crippen molar-refractivity contribution in [2.24, 2.45) is 11.8 Å². The average molecular weight is 357 g/mol. The molecule has 1 aliphatic heterocycles. The Hall–Kier alpha value is -2.18. The van der Waals surface area contributed by atoms with Gasteiger partial charge in [0.05, 0.1) is 5.69 Å². The summed E-state index contributed by atoms with van der Waals surface area (Å²) < 4.78 is 10.3. The molecule has 2 N–H and O–H groups in total. The Morgan fingerprint density at radius 1 is 1.35 bits per heavy atom. The fourth-order valence-corrected chi connectivity index (χ4v) is 3.52. The topological polar surface area (TPSA) is 76.4 Å². The molecule has 1 fully saturated rings. The van der Waals surface area contributed by atoms with Gasteiger partial charge in [-0.2, -0.15) is 0 Å². The summed E-state index contributed by atoms with van der Waals surface area (Å²) in [6.07, 6.45) is 2.38. The average Bonchev–Trinajstić information content (AvgIpc) is 3.10. The standard InChI is InChI=1S/C20H27N3O3/c1-25-14-19-11-18(23-26-19)9-17-13-21-8-7-16(17)10-20(24)22-12-15-5-3-2-4-6-15/h2-6,11,16-17,21H,7-10,12-14H2,1H3,(H,22,24)/t16-,17-/m0/s1. The number of amides is 1. The van der Waals surface area contributed by atoms with Crippen LogP contribution in [0.15, 0.2) is 40.9 Å². The molecule has 1 aliphatic rings. The van der Waals surface area contributed by atoms with Crippen LogP contribution >= 0.6 is 0 Å². The highest BCUT2D eigenvalue weighted by atomic mass is 16.5. The van der Waals surface area contributed by atoms with Crippen LogP contribution in [0.3, 0.4) is 0 Å². The van der Waals surface area contributed by atoms with Crippen LogP contribution in [0, 0.1) is 11.8 Å². The van der Waals surface area contributed by atoms with Gasteiger partial charge in [0.2, 0.25) is 5.91 Å². The summed E-state index contributed by atoms with van der Waals surface area (Å²) in [5.41, 5.74) is 2.05. The van der Waals surface area contributed by atoms with E-state index in [4.69, 9.17) is 9.26 Å². The van der Waals surface area contributed by atoms with Gasteiger partial charge in [0.25, 0.3) is 0 Å². The van der Waals surface area contributed by atoms with Crippen molar-refractivity contribution in [3.63, 3.8) is 0 Å². The predicted octanol–water partition coefficient (Wildman–Crippen LogP) is 2.30. The van der Waals surface area contributed by atoms with Crippen molar-refractivity contribution in [1.82, 2.24) is 15.8 Å². The number of piperidine rings is 1. The molecular formula is C20H27N3O3. The second-order valence-electron chi connectivity index (χ2n) is 6.90. The minimum Gasteiger partial charge on any atom is -0.377 e. The number of carbonyl (C=O) groups is 1. The number of nitrogens with zero attached hydrogens (tertiary/aromatic N) is 1. The summed E-state index contributed by atoms with van der Waals surface area (Å²) in [5, 5.41) is 10.6. The first-order chi connectivity index (χ1) is 12.7. The third-order valence-corrected chi connectivity index (χ3v) is 4.91. The predicted molar refractivity (Wildman–Crippen MR) is 98.3 cm³/mol. The van der Waals surface area contributed by atoms with E-state index in [1.165, 1.54) is 0 Å². The summed E-state index contributed by atoms with van der Waals surface area (Å²) in [6, 6.07) is 11.9. The molecule has 1 aromatic heterocycles. The van der Waals surface area contributed by atoms with Gasteiger partial charge in [-0.3, -0.25) is 4.79 Å². The van der Waals surface area contributed by atoms with E-state index in [2.05, 4.69) is 15.8 Å². The highest BCUT2D eigenvalue weighted by molar-refractivity contribution is 5.76. The van der Waals surface area contributed by atoms with Gasteiger partial charge in [-0.05, 0) is 43.3 Å². The van der Waals surface area contributed by atoms with Crippen molar-refractivity contribution in [1.29, 1.82) is 0 Å². The summed E-state index contributed by atoms with van der Waals surface area (Å²) in [5.74, 6) is 1.59. The van der Waals surface area contributed by atoms with Gasteiger partial charge in [-0.15, -0.1) is 0 Å². The van der Waals surface area contributed by atoms with Gasteiger partial charge < -0.3 is 19.9 Å². The van der Waals surface area contributed by atoms with E-state index >= 15 is 0 Å². The molecule has 1 aromatic carbocycles. The first-order valence-corrected chi connectivity index (χ1v) is 9.19. The van der Waals surface area contributed by atoms with Crippen molar-refractivity contribution in [2.75, 3.05) is 20.2 Å². The van der Waals surface area contributed by atoms with Gasteiger partial charge in [0, 0.05) is 26.1 Å². The van der Waals surface area contributed by atoms with Crippen LogP contribution in [0.1, 0.15) is 29.9 Å². The second-order valence-corrected chi connectivity index (χ2v) is 6.90. The van der Waals surface area contributed by atoms with Crippen LogP contribution in [-0.2, 0) is 29.1 Å². The molecule has 0 spiro atoms. The van der Waals surface area contributed by atoms with E-state index in [0.717, 1.165) is 42.9 Å². The minimum absolute atomic E-state index is 0.117. The Kier molecular flexibility index (Phi) is 6.80. The summed E-state index contributed by atoms with van der Waals surface area (Å²) >= 11 is 0. The van der Waals surface area contributed by atoms with Crippen LogP contribution in [0.25, 0.3) is 0 Å². The van der Waals surface area contributed by atoms with E-state index in [9.17, 15) is 4.79 Å². The highest BCUT2D eigenvalue weighted by Gasteiger charge is 2.28. The smallest absolute Gasteiger partial charge is 0.220 e. The first kappa shape index (κ1) is 18.6. The molecule has 140 valence electrons. The maximum Gasteiger partial charge on any atom is 0.220 e. The number of hydrogen-bond donors (Lipinski definition) is 2. The van der Waals surface area contributed by atoms with Gasteiger partial charge >= 0.3 is 0 Å². The number of benzene rings is 1. The SMILES string of the molecule is COCc1cc(C[C@H]2CNCC[C@H]2CC(=O)NCc2ccccc2)no1. The van der Waals surface area contributed by atoms with Gasteiger partial charge in [0.15, 0.2) is 5.76 Å². The summed E-state index contributed by atoms with van der Waals surface area (Å²) in [7, 11) is 1.64. The zero-order valence-electron chi connectivity index (χ0n) is 15.2. The number of carbonyl (C=O) groups excluding carboxylic acids is 1. The van der Waals surface area contributed by atoms with Crippen molar-refractivity contribution in [3.8, 4) is 0 Å². The van der Waals surface area contributed by atoms with Gasteiger partial charge in [-0.25, -0.2) is 0 Å². The van der Waals surface area contributed by atoms with Gasteiger partial charge in [0.1, 0.15) is 6.61 Å². The molecule has 6 nitrogen and oxygen atoms in total. The number of hydrogen-bond acceptors (Lipinski definition) is 5. The monoisotopic (exact) mass is 357 g/mol. The molecule has 2 heterocycles. The van der Waals surface area contributed by atoms with Crippen molar-refractivity contribution >= 4 is 5.91 Å². The Morgan fingerprint density at radius 3 is 3.00 bits per heavy atom. The number of aromatic nitrogens is 1. The van der Waals surface area contributed by atoms with Crippen molar-refractivity contribution in [2.45, 2.75) is 32.4 Å². The Labute approximate surface area is 154 Å². The van der Waals surface area contributed by atoms with E-state index in [1.807, 2.05) is 36.4 Å². The zero-order valence-corrected chi connectivity index (χ0v) is 15.2. The molecule has 1 saturated heterocycles. The third kappa shape index (κ3) is 5.41. The fourth-order valence-electron chi connectivity index (χ4n) is 3.52. The third-order valence-electron chi connectivity index (χ3n) is 4.91. The first-order valence-electron chi connectivity index (χ1n) is 9.19. The molecule has 3 rings (SSSR count). The van der Waals surface area contributed by atoms with E-state index in [1.54, 1.807) is 7.11 Å². The van der Waals surface area contributed by atoms with Crippen LogP contribution < -0.4 is 10.6 Å². The molecule has 0 radical (unpaired) electrons. The highest BCUT2D eigenvalue weighted by Crippen LogP contribution is 2.26. The maximum atomic E-state index is 12.4. The normalized spacial score (nSPS) is 20.0. The summed E-state index contributed by atoms with van der Waals surface area (Å²) in [4.78, 5) is 12.4. The number of methoxy groups -OCH3 is 1. The lowest BCUT2D eigenvalue weighted by molar-refractivity contribution is -0.122. The van der Waals surface area contributed by atoms with Crippen molar-refractivity contribution in [3.05, 3.63) is 53.4 Å². The molecule has 0 aliphatic carbocycles. The van der Waals surface area contributed by atoms with Gasteiger partial charge in [-0.1, -0.05) is 35.5 Å². The number of nitrogens with one attached hydrogen (secondary N) is 2. The zero-order chi connectivity index (χ0) is 18.2. The molecule has 1 amide bonds. The molecule has 2 atom stereocenters. The molecule has 0 bridgehead atoms. The molecule has 26 heavy (non-hydrogen) atoms. The van der Waals surface area contributed by atoms with E-state index < -0.39 is 0 Å². The van der Waals surface area contributed by atoms with Crippen LogP contribution in [0.5, 0.6) is 0 Å². The Morgan fingerprint density at radius 2 is 2.19 bits per heavy atom. The van der Waals surface area contributed by atoms with Crippen LogP contribution in [-0.4, -0.2) is 31.3 Å². The Balaban J connectivity index is 1.51. The molecular weight excluding hydrogens is 330 g/mol.